The zero-order valence-electron chi connectivity index (χ0n) is 8.87. The fourth-order valence-corrected chi connectivity index (χ4v) is 1.12. The minimum absolute atomic E-state index is 0.00222. The predicted octanol–water partition coefficient (Wildman–Crippen LogP) is 1.03. The van der Waals surface area contributed by atoms with Crippen LogP contribution in [0.15, 0.2) is 0 Å². The van der Waals surface area contributed by atoms with Crippen molar-refractivity contribution in [3.8, 4) is 5.88 Å². The molecular formula is C10H16N2O2. The molecule has 0 aliphatic carbocycles. The van der Waals surface area contributed by atoms with Gasteiger partial charge in [-0.1, -0.05) is 6.92 Å². The van der Waals surface area contributed by atoms with Gasteiger partial charge in [0.15, 0.2) is 0 Å². The monoisotopic (exact) mass is 196 g/mol. The first kappa shape index (κ1) is 10.9. The van der Waals surface area contributed by atoms with Crippen molar-refractivity contribution in [3.63, 3.8) is 0 Å². The molecule has 0 fully saturated rings. The van der Waals surface area contributed by atoms with Crippen molar-refractivity contribution < 1.29 is 9.84 Å². The van der Waals surface area contributed by atoms with E-state index in [0.29, 0.717) is 5.88 Å². The van der Waals surface area contributed by atoms with Gasteiger partial charge in [-0.05, 0) is 20.3 Å². The molecule has 0 bridgehead atoms. The molecule has 14 heavy (non-hydrogen) atoms. The van der Waals surface area contributed by atoms with Gasteiger partial charge in [-0.15, -0.1) is 0 Å². The first-order valence-corrected chi connectivity index (χ1v) is 4.76. The van der Waals surface area contributed by atoms with E-state index in [2.05, 4.69) is 9.97 Å². The van der Waals surface area contributed by atoms with Gasteiger partial charge in [0, 0.05) is 0 Å². The summed E-state index contributed by atoms with van der Waals surface area (Å²) in [6.45, 7) is 6.09. The number of nitrogens with zero attached hydrogens (tertiary/aromatic N) is 2. The molecule has 0 unspecified atom stereocenters. The smallest absolute Gasteiger partial charge is 0.235 e. The van der Waals surface area contributed by atoms with Crippen LogP contribution in [0.3, 0.4) is 0 Å². The summed E-state index contributed by atoms with van der Waals surface area (Å²) in [5.74, 6) is 0.546. The van der Waals surface area contributed by atoms with Crippen molar-refractivity contribution in [1.29, 1.82) is 0 Å². The molecule has 0 atom stereocenters. The molecule has 0 aliphatic heterocycles. The van der Waals surface area contributed by atoms with Crippen molar-refractivity contribution in [2.45, 2.75) is 27.2 Å². The Labute approximate surface area is 84.0 Å². The van der Waals surface area contributed by atoms with E-state index in [9.17, 15) is 0 Å². The third-order valence-corrected chi connectivity index (χ3v) is 2.01. The maximum Gasteiger partial charge on any atom is 0.235 e. The van der Waals surface area contributed by atoms with Gasteiger partial charge < -0.3 is 9.84 Å². The Kier molecular flexibility index (Phi) is 3.83. The highest BCUT2D eigenvalue weighted by atomic mass is 16.5. The van der Waals surface area contributed by atoms with Gasteiger partial charge >= 0.3 is 0 Å². The molecule has 0 spiro atoms. The lowest BCUT2D eigenvalue weighted by atomic mass is 10.3. The maximum absolute atomic E-state index is 8.64. The minimum atomic E-state index is -0.00222. The van der Waals surface area contributed by atoms with Gasteiger partial charge in [-0.3, -0.25) is 4.98 Å². The lowest BCUT2D eigenvalue weighted by Crippen LogP contribution is -2.08. The standard InChI is InChI=1S/C10H16N2O2/c1-4-9-10(14-6-5-13)12-8(3)7(2)11-9/h13H,4-6H2,1-3H3. The zero-order chi connectivity index (χ0) is 10.6. The number of aromatic nitrogens is 2. The Bertz CT molecular complexity index is 313. The van der Waals surface area contributed by atoms with E-state index < -0.39 is 0 Å². The maximum atomic E-state index is 8.64. The summed E-state index contributed by atoms with van der Waals surface area (Å²) in [6.07, 6.45) is 0.787. The number of hydrogen-bond acceptors (Lipinski definition) is 4. The van der Waals surface area contributed by atoms with Crippen molar-refractivity contribution in [2.75, 3.05) is 13.2 Å². The van der Waals surface area contributed by atoms with Crippen LogP contribution in [0.5, 0.6) is 5.88 Å². The lowest BCUT2D eigenvalue weighted by molar-refractivity contribution is 0.194. The van der Waals surface area contributed by atoms with Crippen LogP contribution in [0, 0.1) is 13.8 Å². The van der Waals surface area contributed by atoms with Crippen molar-refractivity contribution >= 4 is 0 Å². The van der Waals surface area contributed by atoms with E-state index in [1.165, 1.54) is 0 Å². The summed E-state index contributed by atoms with van der Waals surface area (Å²) in [4.78, 5) is 8.66. The lowest BCUT2D eigenvalue weighted by Gasteiger charge is -2.09. The molecule has 1 aromatic heterocycles. The highest BCUT2D eigenvalue weighted by Gasteiger charge is 2.08. The Hall–Kier alpha value is -1.16. The summed E-state index contributed by atoms with van der Waals surface area (Å²) in [7, 11) is 0. The normalized spacial score (nSPS) is 10.3. The molecule has 1 rings (SSSR count). The second-order valence-corrected chi connectivity index (χ2v) is 3.07. The van der Waals surface area contributed by atoms with E-state index in [0.717, 1.165) is 23.5 Å². The molecule has 4 nitrogen and oxygen atoms in total. The summed E-state index contributed by atoms with van der Waals surface area (Å²) < 4.78 is 5.29. The van der Waals surface area contributed by atoms with Crippen LogP contribution in [0.4, 0.5) is 0 Å². The number of aliphatic hydroxyl groups excluding tert-OH is 1. The topological polar surface area (TPSA) is 55.2 Å². The number of hydrogen-bond donors (Lipinski definition) is 1. The van der Waals surface area contributed by atoms with E-state index in [1.807, 2.05) is 20.8 Å². The second kappa shape index (κ2) is 4.91. The molecule has 4 heteroatoms. The number of ether oxygens (including phenoxy) is 1. The van der Waals surface area contributed by atoms with Crippen LogP contribution in [0.1, 0.15) is 24.0 Å². The van der Waals surface area contributed by atoms with Gasteiger partial charge in [0.05, 0.1) is 18.0 Å². The molecule has 0 aliphatic rings. The molecule has 0 amide bonds. The molecule has 0 saturated carbocycles. The molecular weight excluding hydrogens is 180 g/mol. The van der Waals surface area contributed by atoms with Crippen molar-refractivity contribution in [1.82, 2.24) is 9.97 Å². The Morgan fingerprint density at radius 2 is 1.86 bits per heavy atom. The fraction of sp³-hybridized carbons (Fsp3) is 0.600. The number of aryl methyl sites for hydroxylation is 3. The quantitative estimate of drug-likeness (QED) is 0.781. The molecule has 0 saturated heterocycles. The second-order valence-electron chi connectivity index (χ2n) is 3.07. The summed E-state index contributed by atoms with van der Waals surface area (Å²) in [5.41, 5.74) is 2.65. The van der Waals surface area contributed by atoms with E-state index >= 15 is 0 Å². The zero-order valence-corrected chi connectivity index (χ0v) is 8.87. The highest BCUT2D eigenvalue weighted by molar-refractivity contribution is 5.23. The Morgan fingerprint density at radius 1 is 1.21 bits per heavy atom. The summed E-state index contributed by atoms with van der Waals surface area (Å²) in [5, 5.41) is 8.64. The Morgan fingerprint density at radius 3 is 2.43 bits per heavy atom. The van der Waals surface area contributed by atoms with Gasteiger partial charge in [-0.2, -0.15) is 0 Å². The van der Waals surface area contributed by atoms with E-state index in [4.69, 9.17) is 9.84 Å². The largest absolute Gasteiger partial charge is 0.474 e. The van der Waals surface area contributed by atoms with Crippen molar-refractivity contribution in [3.05, 3.63) is 17.1 Å². The average molecular weight is 196 g/mol. The molecule has 0 aromatic carbocycles. The Balaban J connectivity index is 2.95. The van der Waals surface area contributed by atoms with E-state index in [1.54, 1.807) is 0 Å². The predicted molar refractivity (Wildman–Crippen MR) is 53.5 cm³/mol. The number of rotatable bonds is 4. The van der Waals surface area contributed by atoms with Crippen LogP contribution >= 0.6 is 0 Å². The van der Waals surface area contributed by atoms with Gasteiger partial charge in [-0.25, -0.2) is 4.98 Å². The van der Waals surface area contributed by atoms with Crippen LogP contribution in [0.2, 0.25) is 0 Å². The SMILES string of the molecule is CCc1nc(C)c(C)nc1OCCO. The first-order valence-electron chi connectivity index (χ1n) is 4.76. The highest BCUT2D eigenvalue weighted by Crippen LogP contribution is 2.15. The van der Waals surface area contributed by atoms with Crippen LogP contribution in [-0.2, 0) is 6.42 Å². The third kappa shape index (κ3) is 2.42. The minimum Gasteiger partial charge on any atom is -0.474 e. The average Bonchev–Trinajstić information content (AvgIpc) is 2.19. The fourth-order valence-electron chi connectivity index (χ4n) is 1.12. The van der Waals surface area contributed by atoms with Gasteiger partial charge in [0.1, 0.15) is 12.3 Å². The first-order chi connectivity index (χ1) is 6.69. The summed E-state index contributed by atoms with van der Waals surface area (Å²) in [6, 6.07) is 0. The van der Waals surface area contributed by atoms with Crippen LogP contribution in [-0.4, -0.2) is 28.3 Å². The molecule has 0 radical (unpaired) electrons. The summed E-state index contributed by atoms with van der Waals surface area (Å²) >= 11 is 0. The van der Waals surface area contributed by atoms with Gasteiger partial charge in [0.2, 0.25) is 5.88 Å². The molecule has 1 N–H and O–H groups in total. The van der Waals surface area contributed by atoms with Crippen LogP contribution < -0.4 is 4.74 Å². The number of aliphatic hydroxyl groups is 1. The molecule has 1 aromatic rings. The molecule has 1 heterocycles. The van der Waals surface area contributed by atoms with Crippen molar-refractivity contribution in [2.24, 2.45) is 0 Å². The van der Waals surface area contributed by atoms with Gasteiger partial charge in [0.25, 0.3) is 0 Å². The third-order valence-electron chi connectivity index (χ3n) is 2.01. The van der Waals surface area contributed by atoms with E-state index in [-0.39, 0.29) is 13.2 Å². The molecule has 78 valence electrons. The van der Waals surface area contributed by atoms with Crippen LogP contribution in [0.25, 0.3) is 0 Å².